The first-order valence-electron chi connectivity index (χ1n) is 4.13. The zero-order chi connectivity index (χ0) is 8.97. The fourth-order valence-electron chi connectivity index (χ4n) is 1.22. The van der Waals surface area contributed by atoms with E-state index in [9.17, 15) is 0 Å². The van der Waals surface area contributed by atoms with Crippen molar-refractivity contribution in [1.29, 1.82) is 0 Å². The second-order valence-electron chi connectivity index (χ2n) is 2.65. The molecule has 0 aliphatic rings. The summed E-state index contributed by atoms with van der Waals surface area (Å²) in [5, 5.41) is 7.39. The maximum absolute atomic E-state index is 4.10. The van der Waals surface area contributed by atoms with Gasteiger partial charge in [-0.05, 0) is 12.6 Å². The monoisotopic (exact) mass is 165 g/mol. The molecule has 0 aliphatic carbocycles. The van der Waals surface area contributed by atoms with Crippen LogP contribution in [0.15, 0.2) is 24.9 Å². The zero-order valence-electron chi connectivity index (χ0n) is 7.62. The average Bonchev–Trinajstić information content (AvgIpc) is 2.47. The highest BCUT2D eigenvalue weighted by molar-refractivity contribution is 5.12. The van der Waals surface area contributed by atoms with Gasteiger partial charge < -0.3 is 5.32 Å². The molecule has 1 rings (SSSR count). The smallest absolute Gasteiger partial charge is 0.0675 e. The fourth-order valence-corrected chi connectivity index (χ4v) is 1.22. The van der Waals surface area contributed by atoms with Crippen molar-refractivity contribution in [2.75, 3.05) is 6.54 Å². The lowest BCUT2D eigenvalue weighted by atomic mass is 10.2. The van der Waals surface area contributed by atoms with Crippen LogP contribution < -0.4 is 5.32 Å². The minimum absolute atomic E-state index is 0.211. The predicted octanol–water partition coefficient (Wildman–Crippen LogP) is 1.26. The molecule has 0 bridgehead atoms. The molecule has 0 saturated heterocycles. The number of nitrogens with zero attached hydrogens (tertiary/aromatic N) is 2. The third-order valence-corrected chi connectivity index (χ3v) is 1.84. The van der Waals surface area contributed by atoms with Crippen molar-refractivity contribution in [3.8, 4) is 0 Å². The van der Waals surface area contributed by atoms with Gasteiger partial charge in [0.25, 0.3) is 0 Å². The lowest BCUT2D eigenvalue weighted by molar-refractivity contribution is 0.586. The number of nitrogens with one attached hydrogen (secondary N) is 1. The van der Waals surface area contributed by atoms with E-state index in [0.29, 0.717) is 0 Å². The van der Waals surface area contributed by atoms with Gasteiger partial charge in [0.1, 0.15) is 0 Å². The molecule has 66 valence electrons. The van der Waals surface area contributed by atoms with E-state index in [4.69, 9.17) is 0 Å². The van der Waals surface area contributed by atoms with Gasteiger partial charge >= 0.3 is 0 Å². The number of likely N-dealkylation sites (N-methyl/N-ethyl adjacent to an activating group) is 1. The standard InChI is InChI=1S/C9H15N3/c1-4-8(10-5-2)9-6-7-11-12(9)3/h4,6-8,10H,1,5H2,2-3H3. The Labute approximate surface area is 73.1 Å². The van der Waals surface area contributed by atoms with E-state index >= 15 is 0 Å². The Morgan fingerprint density at radius 1 is 1.83 bits per heavy atom. The maximum atomic E-state index is 4.10. The van der Waals surface area contributed by atoms with E-state index in [1.54, 1.807) is 6.20 Å². The summed E-state index contributed by atoms with van der Waals surface area (Å²) in [5.41, 5.74) is 1.15. The lowest BCUT2D eigenvalue weighted by Gasteiger charge is -2.12. The summed E-state index contributed by atoms with van der Waals surface area (Å²) < 4.78 is 1.86. The molecule has 0 spiro atoms. The molecular formula is C9H15N3. The molecule has 1 aromatic rings. The van der Waals surface area contributed by atoms with Crippen LogP contribution in [0.4, 0.5) is 0 Å². The SMILES string of the molecule is C=CC(NCC)c1ccnn1C. The quantitative estimate of drug-likeness (QED) is 0.681. The molecule has 3 nitrogen and oxygen atoms in total. The van der Waals surface area contributed by atoms with E-state index in [2.05, 4.69) is 23.9 Å². The molecule has 1 atom stereocenters. The van der Waals surface area contributed by atoms with Crippen LogP contribution in [-0.4, -0.2) is 16.3 Å². The first-order chi connectivity index (χ1) is 5.79. The number of rotatable bonds is 4. The topological polar surface area (TPSA) is 29.9 Å². The maximum Gasteiger partial charge on any atom is 0.0675 e. The van der Waals surface area contributed by atoms with Gasteiger partial charge in [0, 0.05) is 13.2 Å². The summed E-state index contributed by atoms with van der Waals surface area (Å²) in [6.07, 6.45) is 3.68. The van der Waals surface area contributed by atoms with Crippen LogP contribution in [0.3, 0.4) is 0 Å². The normalized spacial score (nSPS) is 12.8. The summed E-state index contributed by atoms with van der Waals surface area (Å²) >= 11 is 0. The van der Waals surface area contributed by atoms with Crippen LogP contribution in [0.25, 0.3) is 0 Å². The highest BCUT2D eigenvalue weighted by atomic mass is 15.3. The van der Waals surface area contributed by atoms with E-state index in [1.165, 1.54) is 0 Å². The second kappa shape index (κ2) is 4.07. The van der Waals surface area contributed by atoms with Crippen LogP contribution in [0.5, 0.6) is 0 Å². The molecular weight excluding hydrogens is 150 g/mol. The molecule has 0 fully saturated rings. The van der Waals surface area contributed by atoms with Crippen molar-refractivity contribution in [2.24, 2.45) is 7.05 Å². The molecule has 0 aromatic carbocycles. The van der Waals surface area contributed by atoms with E-state index in [1.807, 2.05) is 23.9 Å². The first kappa shape index (κ1) is 9.00. The summed E-state index contributed by atoms with van der Waals surface area (Å²) in [6.45, 7) is 6.78. The van der Waals surface area contributed by atoms with Crippen LogP contribution in [0.2, 0.25) is 0 Å². The van der Waals surface area contributed by atoms with Gasteiger partial charge in [-0.3, -0.25) is 4.68 Å². The molecule has 1 unspecified atom stereocenters. The molecule has 0 radical (unpaired) electrons. The Balaban J connectivity index is 2.79. The van der Waals surface area contributed by atoms with Crippen molar-refractivity contribution < 1.29 is 0 Å². The van der Waals surface area contributed by atoms with Crippen LogP contribution >= 0.6 is 0 Å². The highest BCUT2D eigenvalue weighted by Gasteiger charge is 2.08. The van der Waals surface area contributed by atoms with Gasteiger partial charge in [-0.2, -0.15) is 5.10 Å². The number of aromatic nitrogens is 2. The lowest BCUT2D eigenvalue weighted by Crippen LogP contribution is -2.21. The highest BCUT2D eigenvalue weighted by Crippen LogP contribution is 2.11. The minimum atomic E-state index is 0.211. The molecule has 1 aromatic heterocycles. The van der Waals surface area contributed by atoms with Gasteiger partial charge in [0.15, 0.2) is 0 Å². The Morgan fingerprint density at radius 2 is 2.58 bits per heavy atom. The summed E-state index contributed by atoms with van der Waals surface area (Å²) in [7, 11) is 1.93. The van der Waals surface area contributed by atoms with Crippen molar-refractivity contribution in [3.63, 3.8) is 0 Å². The largest absolute Gasteiger partial charge is 0.306 e. The molecule has 0 aliphatic heterocycles. The van der Waals surface area contributed by atoms with E-state index in [0.717, 1.165) is 12.2 Å². The number of hydrogen-bond donors (Lipinski definition) is 1. The summed E-state index contributed by atoms with van der Waals surface area (Å²) in [6, 6.07) is 2.21. The zero-order valence-corrected chi connectivity index (χ0v) is 7.62. The van der Waals surface area contributed by atoms with Crippen molar-refractivity contribution in [3.05, 3.63) is 30.6 Å². The van der Waals surface area contributed by atoms with E-state index in [-0.39, 0.29) is 6.04 Å². The third kappa shape index (κ3) is 1.74. The predicted molar refractivity (Wildman–Crippen MR) is 49.8 cm³/mol. The molecule has 1 N–H and O–H groups in total. The number of aryl methyl sites for hydroxylation is 1. The third-order valence-electron chi connectivity index (χ3n) is 1.84. The van der Waals surface area contributed by atoms with Crippen molar-refractivity contribution in [2.45, 2.75) is 13.0 Å². The Bertz CT molecular complexity index is 252. The van der Waals surface area contributed by atoms with Crippen LogP contribution in [0.1, 0.15) is 18.7 Å². The fraction of sp³-hybridized carbons (Fsp3) is 0.444. The van der Waals surface area contributed by atoms with Gasteiger partial charge in [0.2, 0.25) is 0 Å². The van der Waals surface area contributed by atoms with Crippen molar-refractivity contribution >= 4 is 0 Å². The summed E-state index contributed by atoms with van der Waals surface area (Å²) in [5.74, 6) is 0. The Hall–Kier alpha value is -1.09. The van der Waals surface area contributed by atoms with Crippen LogP contribution in [-0.2, 0) is 7.05 Å². The molecule has 1 heterocycles. The Kier molecular flexibility index (Phi) is 3.05. The Morgan fingerprint density at radius 3 is 3.00 bits per heavy atom. The first-order valence-corrected chi connectivity index (χ1v) is 4.13. The summed E-state index contributed by atoms with van der Waals surface area (Å²) in [4.78, 5) is 0. The number of hydrogen-bond acceptors (Lipinski definition) is 2. The van der Waals surface area contributed by atoms with Gasteiger partial charge in [-0.1, -0.05) is 13.0 Å². The molecule has 0 amide bonds. The van der Waals surface area contributed by atoms with E-state index < -0.39 is 0 Å². The molecule has 12 heavy (non-hydrogen) atoms. The van der Waals surface area contributed by atoms with Crippen molar-refractivity contribution in [1.82, 2.24) is 15.1 Å². The molecule has 3 heteroatoms. The van der Waals surface area contributed by atoms with Gasteiger partial charge in [-0.15, -0.1) is 6.58 Å². The average molecular weight is 165 g/mol. The minimum Gasteiger partial charge on any atom is -0.306 e. The van der Waals surface area contributed by atoms with Crippen LogP contribution in [0, 0.1) is 0 Å². The molecule has 0 saturated carbocycles. The second-order valence-corrected chi connectivity index (χ2v) is 2.65. The van der Waals surface area contributed by atoms with Gasteiger partial charge in [-0.25, -0.2) is 0 Å². The van der Waals surface area contributed by atoms with Gasteiger partial charge in [0.05, 0.1) is 11.7 Å².